The largest absolute Gasteiger partial charge is 0.483 e. The lowest BCUT2D eigenvalue weighted by atomic mass is 9.80. The third-order valence-corrected chi connectivity index (χ3v) is 4.36. The number of rotatable bonds is 5. The first-order chi connectivity index (χ1) is 12.5. The zero-order chi connectivity index (χ0) is 20.2. The third kappa shape index (κ3) is 6.41. The van der Waals surface area contributed by atoms with Gasteiger partial charge in [0, 0.05) is 5.57 Å². The van der Waals surface area contributed by atoms with Crippen LogP contribution >= 0.6 is 0 Å². The number of aromatic nitrogens is 1. The number of hydrogen-bond acceptors (Lipinski definition) is 3. The van der Waals surface area contributed by atoms with Gasteiger partial charge in [-0.3, -0.25) is 9.78 Å². The number of nitrogens with zero attached hydrogens (tertiary/aromatic N) is 1. The van der Waals surface area contributed by atoms with Gasteiger partial charge in [-0.2, -0.15) is 13.2 Å². The van der Waals surface area contributed by atoms with Crippen LogP contribution in [0.15, 0.2) is 41.6 Å². The fourth-order valence-corrected chi connectivity index (χ4v) is 2.71. The van der Waals surface area contributed by atoms with Gasteiger partial charge in [-0.15, -0.1) is 0 Å². The zero-order valence-corrected chi connectivity index (χ0v) is 16.0. The molecule has 4 nitrogen and oxygen atoms in total. The van der Waals surface area contributed by atoms with E-state index in [4.69, 9.17) is 0 Å². The molecule has 27 heavy (non-hydrogen) atoms. The quantitative estimate of drug-likeness (QED) is 0.789. The predicted molar refractivity (Wildman–Crippen MR) is 97.2 cm³/mol. The molecule has 0 fully saturated rings. The number of pyridine rings is 1. The molecule has 1 amide bonds. The molecular formula is C20H25F3N2O2. The predicted octanol–water partition coefficient (Wildman–Crippen LogP) is 4.89. The van der Waals surface area contributed by atoms with Crippen LogP contribution in [-0.2, 0) is 4.79 Å². The molecule has 1 aliphatic rings. The lowest BCUT2D eigenvalue weighted by Crippen LogP contribution is -2.29. The van der Waals surface area contributed by atoms with Crippen LogP contribution in [0.25, 0.3) is 0 Å². The molecule has 1 aromatic heterocycles. The van der Waals surface area contributed by atoms with Gasteiger partial charge >= 0.3 is 6.18 Å². The summed E-state index contributed by atoms with van der Waals surface area (Å²) in [6.07, 6.45) is 2.22. The van der Waals surface area contributed by atoms with Crippen molar-refractivity contribution in [2.24, 2.45) is 5.41 Å². The Labute approximate surface area is 157 Å². The van der Waals surface area contributed by atoms with E-state index in [2.05, 4.69) is 35.8 Å². The van der Waals surface area contributed by atoms with Gasteiger partial charge < -0.3 is 10.1 Å². The lowest BCUT2D eigenvalue weighted by Gasteiger charge is -2.26. The maximum absolute atomic E-state index is 12.4. The van der Waals surface area contributed by atoms with Crippen molar-refractivity contribution in [2.75, 3.05) is 6.61 Å². The van der Waals surface area contributed by atoms with Gasteiger partial charge in [0.1, 0.15) is 5.75 Å². The standard InChI is InChI=1S/C20H25F3N2O2/c1-13(17-10-9-16(11-24-17)27-12-20(21,22)23)25-18(26)14-5-7-15(8-6-14)19(2,3)4/h5,7,9-11,13H,6,8,12H2,1-4H3,(H,25,26)/t13-/m0/s1. The van der Waals surface area contributed by atoms with E-state index in [-0.39, 0.29) is 23.1 Å². The Morgan fingerprint density at radius 3 is 2.41 bits per heavy atom. The van der Waals surface area contributed by atoms with Crippen LogP contribution in [-0.4, -0.2) is 23.7 Å². The van der Waals surface area contributed by atoms with E-state index in [9.17, 15) is 18.0 Å². The number of nitrogens with one attached hydrogen (secondary N) is 1. The van der Waals surface area contributed by atoms with E-state index in [0.29, 0.717) is 17.7 Å². The molecule has 0 radical (unpaired) electrons. The number of halogens is 3. The summed E-state index contributed by atoms with van der Waals surface area (Å²) in [6, 6.07) is 2.58. The number of ether oxygens (including phenoxy) is 1. The van der Waals surface area contributed by atoms with Gasteiger partial charge in [0.15, 0.2) is 6.61 Å². The van der Waals surface area contributed by atoms with Crippen LogP contribution in [0.5, 0.6) is 5.75 Å². The van der Waals surface area contributed by atoms with Gasteiger partial charge in [0.2, 0.25) is 5.91 Å². The molecule has 0 aromatic carbocycles. The van der Waals surface area contributed by atoms with Crippen molar-refractivity contribution < 1.29 is 22.7 Å². The van der Waals surface area contributed by atoms with Crippen molar-refractivity contribution >= 4 is 5.91 Å². The van der Waals surface area contributed by atoms with Crippen molar-refractivity contribution in [2.45, 2.75) is 52.8 Å². The van der Waals surface area contributed by atoms with Crippen molar-refractivity contribution in [1.82, 2.24) is 10.3 Å². The molecule has 1 N–H and O–H groups in total. The molecule has 0 saturated carbocycles. The Morgan fingerprint density at radius 2 is 1.93 bits per heavy atom. The fourth-order valence-electron chi connectivity index (χ4n) is 2.71. The summed E-state index contributed by atoms with van der Waals surface area (Å²) in [6.45, 7) is 6.85. The van der Waals surface area contributed by atoms with Crippen LogP contribution in [0, 0.1) is 5.41 Å². The highest BCUT2D eigenvalue weighted by atomic mass is 19.4. The van der Waals surface area contributed by atoms with Crippen LogP contribution in [0.4, 0.5) is 13.2 Å². The van der Waals surface area contributed by atoms with Gasteiger partial charge in [-0.05, 0) is 37.3 Å². The Balaban J connectivity index is 1.95. The molecule has 1 heterocycles. The number of carbonyl (C=O) groups is 1. The van der Waals surface area contributed by atoms with E-state index in [1.54, 1.807) is 13.0 Å². The molecule has 0 bridgehead atoms. The average molecular weight is 382 g/mol. The molecule has 0 spiro atoms. The smallest absolute Gasteiger partial charge is 0.422 e. The first-order valence-electron chi connectivity index (χ1n) is 8.82. The Bertz CT molecular complexity index is 729. The van der Waals surface area contributed by atoms with E-state index >= 15 is 0 Å². The van der Waals surface area contributed by atoms with Crippen LogP contribution in [0.3, 0.4) is 0 Å². The number of hydrogen-bond donors (Lipinski definition) is 1. The van der Waals surface area contributed by atoms with Crippen molar-refractivity contribution in [3.8, 4) is 5.75 Å². The molecule has 1 aromatic rings. The Hall–Kier alpha value is -2.31. The topological polar surface area (TPSA) is 51.2 Å². The van der Waals surface area contributed by atoms with Gasteiger partial charge in [0.05, 0.1) is 17.9 Å². The molecule has 1 aliphatic carbocycles. The first-order valence-corrected chi connectivity index (χ1v) is 8.82. The Kier molecular flexibility index (Phi) is 6.34. The number of alkyl halides is 3. The average Bonchev–Trinajstić information content (AvgIpc) is 2.59. The highest BCUT2D eigenvalue weighted by Gasteiger charge is 2.28. The fraction of sp³-hybridized carbons (Fsp3) is 0.500. The SMILES string of the molecule is C[C@H](NC(=O)C1=CC=C(C(C)(C)C)CC1)c1ccc(OCC(F)(F)F)cn1. The Morgan fingerprint density at radius 1 is 1.22 bits per heavy atom. The minimum atomic E-state index is -4.39. The zero-order valence-electron chi connectivity index (χ0n) is 16.0. The summed E-state index contributed by atoms with van der Waals surface area (Å²) in [4.78, 5) is 16.5. The molecule has 1 atom stereocenters. The molecule has 7 heteroatoms. The molecular weight excluding hydrogens is 357 g/mol. The maximum Gasteiger partial charge on any atom is 0.422 e. The second-order valence-corrected chi connectivity index (χ2v) is 7.65. The lowest BCUT2D eigenvalue weighted by molar-refractivity contribution is -0.153. The van der Waals surface area contributed by atoms with E-state index in [0.717, 1.165) is 6.42 Å². The number of amides is 1. The molecule has 0 aliphatic heterocycles. The third-order valence-electron chi connectivity index (χ3n) is 4.36. The summed E-state index contributed by atoms with van der Waals surface area (Å²) in [5.74, 6) is -0.129. The first kappa shape index (κ1) is 21.0. The highest BCUT2D eigenvalue weighted by molar-refractivity contribution is 5.94. The van der Waals surface area contributed by atoms with Crippen LogP contribution in [0.1, 0.15) is 52.3 Å². The summed E-state index contributed by atoms with van der Waals surface area (Å²) < 4.78 is 41.1. The summed E-state index contributed by atoms with van der Waals surface area (Å²) >= 11 is 0. The normalized spacial score (nSPS) is 16.3. The van der Waals surface area contributed by atoms with Gasteiger partial charge in [0.25, 0.3) is 0 Å². The van der Waals surface area contributed by atoms with Gasteiger partial charge in [-0.25, -0.2) is 0 Å². The van der Waals surface area contributed by atoms with E-state index in [1.807, 2.05) is 12.2 Å². The summed E-state index contributed by atoms with van der Waals surface area (Å²) in [5.41, 5.74) is 2.65. The van der Waals surface area contributed by atoms with Crippen LogP contribution < -0.4 is 10.1 Å². The number of allylic oxidation sites excluding steroid dienone is 3. The number of carbonyl (C=O) groups excluding carboxylic acids is 1. The minimum absolute atomic E-state index is 0.0319. The molecule has 0 unspecified atom stereocenters. The van der Waals surface area contributed by atoms with Crippen molar-refractivity contribution in [1.29, 1.82) is 0 Å². The van der Waals surface area contributed by atoms with Crippen molar-refractivity contribution in [3.63, 3.8) is 0 Å². The van der Waals surface area contributed by atoms with Gasteiger partial charge in [-0.1, -0.05) is 38.5 Å². The van der Waals surface area contributed by atoms with E-state index < -0.39 is 12.8 Å². The molecule has 2 rings (SSSR count). The monoisotopic (exact) mass is 382 g/mol. The second-order valence-electron chi connectivity index (χ2n) is 7.65. The summed E-state index contributed by atoms with van der Waals surface area (Å²) in [7, 11) is 0. The second kappa shape index (κ2) is 8.15. The minimum Gasteiger partial charge on any atom is -0.483 e. The maximum atomic E-state index is 12.4. The van der Waals surface area contributed by atoms with Crippen LogP contribution in [0.2, 0.25) is 0 Å². The molecule has 0 saturated heterocycles. The van der Waals surface area contributed by atoms with E-state index in [1.165, 1.54) is 17.8 Å². The summed E-state index contributed by atoms with van der Waals surface area (Å²) in [5, 5.41) is 2.88. The van der Waals surface area contributed by atoms with Crippen molar-refractivity contribution in [3.05, 3.63) is 47.3 Å². The highest BCUT2D eigenvalue weighted by Crippen LogP contribution is 2.33. The molecule has 148 valence electrons.